The standard InChI is InChI=1S/C47H52N8O5S/c1-9-39(56)54-26(2)22-36(35-12-10-11-13-38(35)54)48-33-20-18-32(19-21-33)45(59)53-24-34(25-53)49-44(58)31-16-14-30(15-17-31)42-41-27(3)28(4)61-46(41)55-29(5)51-52-43(55)37(50-42)23-40(57)60-47(6,7)8/h10-21,26,34,36-37,48H,9,22-25H2,1-8H3,(H,49,58)/t26-,36+,37-/m0/s1. The van der Waals surface area contributed by atoms with Gasteiger partial charge in [-0.3, -0.25) is 28.7 Å². The van der Waals surface area contributed by atoms with Crippen LogP contribution in [0.3, 0.4) is 0 Å². The summed E-state index contributed by atoms with van der Waals surface area (Å²) in [7, 11) is 0. The van der Waals surface area contributed by atoms with Gasteiger partial charge in [-0.2, -0.15) is 0 Å². The summed E-state index contributed by atoms with van der Waals surface area (Å²) >= 11 is 1.63. The molecule has 3 atom stereocenters. The molecule has 1 saturated heterocycles. The van der Waals surface area contributed by atoms with Crippen molar-refractivity contribution in [1.82, 2.24) is 25.0 Å². The number of hydrogen-bond acceptors (Lipinski definition) is 10. The van der Waals surface area contributed by atoms with Crippen LogP contribution in [0.4, 0.5) is 11.4 Å². The van der Waals surface area contributed by atoms with Crippen LogP contribution in [0.5, 0.6) is 0 Å². The Hall–Kier alpha value is -6.15. The van der Waals surface area contributed by atoms with E-state index >= 15 is 0 Å². The second-order valence-corrected chi connectivity index (χ2v) is 18.4. The molecule has 14 heteroatoms. The number of likely N-dealkylation sites (tertiary alicyclic amines) is 1. The van der Waals surface area contributed by atoms with Crippen molar-refractivity contribution in [2.24, 2.45) is 4.99 Å². The fourth-order valence-corrected chi connectivity index (χ4v) is 9.66. The number of anilines is 2. The summed E-state index contributed by atoms with van der Waals surface area (Å²) in [6, 6.07) is 22.1. The third-order valence-electron chi connectivity index (χ3n) is 11.6. The Morgan fingerprint density at radius 1 is 0.902 bits per heavy atom. The van der Waals surface area contributed by atoms with Crippen molar-refractivity contribution in [3.8, 4) is 5.00 Å². The molecule has 3 aliphatic rings. The van der Waals surface area contributed by atoms with Crippen LogP contribution in [0.1, 0.15) is 125 Å². The molecule has 3 aromatic carbocycles. The van der Waals surface area contributed by atoms with Crippen LogP contribution in [-0.2, 0) is 14.3 Å². The zero-order chi connectivity index (χ0) is 43.3. The number of nitrogens with one attached hydrogen (secondary N) is 2. The number of carbonyl (C=O) groups excluding carboxylic acids is 4. The van der Waals surface area contributed by atoms with Crippen LogP contribution in [-0.4, -0.2) is 79.8 Å². The van der Waals surface area contributed by atoms with Gasteiger partial charge in [0, 0.05) is 64.1 Å². The maximum absolute atomic E-state index is 13.5. The lowest BCUT2D eigenvalue weighted by atomic mass is 9.91. The first-order chi connectivity index (χ1) is 29.1. The zero-order valence-electron chi connectivity index (χ0n) is 35.9. The average Bonchev–Trinajstić information content (AvgIpc) is 3.69. The van der Waals surface area contributed by atoms with Crippen molar-refractivity contribution in [1.29, 1.82) is 0 Å². The quantitative estimate of drug-likeness (QED) is 0.143. The van der Waals surface area contributed by atoms with E-state index in [0.717, 1.165) is 49.9 Å². The first-order valence-electron chi connectivity index (χ1n) is 20.9. The molecule has 0 spiro atoms. The highest BCUT2D eigenvalue weighted by atomic mass is 32.1. The van der Waals surface area contributed by atoms with Gasteiger partial charge in [-0.15, -0.1) is 21.5 Å². The number of aryl methyl sites for hydroxylation is 2. The zero-order valence-corrected chi connectivity index (χ0v) is 36.7. The number of hydrogen-bond donors (Lipinski definition) is 2. The lowest BCUT2D eigenvalue weighted by Crippen LogP contribution is -2.60. The highest BCUT2D eigenvalue weighted by molar-refractivity contribution is 7.15. The van der Waals surface area contributed by atoms with Gasteiger partial charge in [-0.1, -0.05) is 37.3 Å². The molecule has 316 valence electrons. The Balaban J connectivity index is 0.911. The van der Waals surface area contributed by atoms with Crippen LogP contribution in [0.2, 0.25) is 0 Å². The van der Waals surface area contributed by atoms with Gasteiger partial charge in [0.25, 0.3) is 11.8 Å². The summed E-state index contributed by atoms with van der Waals surface area (Å²) in [6.07, 6.45) is 1.21. The van der Waals surface area contributed by atoms with Crippen molar-refractivity contribution < 1.29 is 23.9 Å². The van der Waals surface area contributed by atoms with E-state index in [1.54, 1.807) is 28.4 Å². The molecule has 0 radical (unpaired) electrons. The lowest BCUT2D eigenvalue weighted by Gasteiger charge is -2.40. The smallest absolute Gasteiger partial charge is 0.308 e. The molecule has 5 aromatic rings. The van der Waals surface area contributed by atoms with E-state index in [2.05, 4.69) is 47.7 Å². The fraction of sp³-hybridized carbons (Fsp3) is 0.383. The number of ether oxygens (including phenoxy) is 1. The number of aliphatic imine (C=N–C) groups is 1. The van der Waals surface area contributed by atoms with Crippen molar-refractivity contribution in [2.75, 3.05) is 23.3 Å². The predicted octanol–water partition coefficient (Wildman–Crippen LogP) is 7.82. The van der Waals surface area contributed by atoms with Gasteiger partial charge < -0.3 is 25.2 Å². The number of nitrogens with zero attached hydrogens (tertiary/aromatic N) is 6. The molecule has 0 unspecified atom stereocenters. The van der Waals surface area contributed by atoms with E-state index in [1.807, 2.05) is 98.7 Å². The summed E-state index contributed by atoms with van der Waals surface area (Å²) in [4.78, 5) is 62.7. The highest BCUT2D eigenvalue weighted by Gasteiger charge is 2.36. The van der Waals surface area contributed by atoms with Crippen LogP contribution < -0.4 is 15.5 Å². The number of benzene rings is 3. The van der Waals surface area contributed by atoms with Gasteiger partial charge in [-0.05, 0) is 108 Å². The summed E-state index contributed by atoms with van der Waals surface area (Å²) in [5, 5.41) is 16.5. The number of para-hydroxylation sites is 1. The van der Waals surface area contributed by atoms with Crippen molar-refractivity contribution in [2.45, 2.75) is 104 Å². The van der Waals surface area contributed by atoms with Crippen molar-refractivity contribution in [3.05, 3.63) is 123 Å². The fourth-order valence-electron chi connectivity index (χ4n) is 8.44. The first kappa shape index (κ1) is 41.6. The minimum Gasteiger partial charge on any atom is -0.460 e. The predicted molar refractivity (Wildman–Crippen MR) is 237 cm³/mol. The third-order valence-corrected chi connectivity index (χ3v) is 12.8. The van der Waals surface area contributed by atoms with Gasteiger partial charge in [0.1, 0.15) is 22.5 Å². The highest BCUT2D eigenvalue weighted by Crippen LogP contribution is 2.41. The molecule has 0 bridgehead atoms. The van der Waals surface area contributed by atoms with E-state index < -0.39 is 11.6 Å². The Kier molecular flexibility index (Phi) is 11.2. The Morgan fingerprint density at radius 3 is 2.28 bits per heavy atom. The van der Waals surface area contributed by atoms with Crippen molar-refractivity contribution >= 4 is 52.1 Å². The maximum atomic E-state index is 13.5. The molecular formula is C47H52N8O5S. The molecule has 13 nitrogen and oxygen atoms in total. The number of fused-ring (bicyclic) bond motifs is 4. The van der Waals surface area contributed by atoms with Crippen LogP contribution in [0, 0.1) is 20.8 Å². The van der Waals surface area contributed by atoms with E-state index in [4.69, 9.17) is 9.73 Å². The number of rotatable bonds is 9. The number of aromatic nitrogens is 3. The molecular weight excluding hydrogens is 789 g/mol. The van der Waals surface area contributed by atoms with E-state index in [-0.39, 0.29) is 48.2 Å². The van der Waals surface area contributed by atoms with Crippen LogP contribution in [0.15, 0.2) is 77.8 Å². The summed E-state index contributed by atoms with van der Waals surface area (Å²) in [6.45, 7) is 16.3. The van der Waals surface area contributed by atoms with E-state index in [9.17, 15) is 19.2 Å². The average molecular weight is 841 g/mol. The van der Waals surface area contributed by atoms with Crippen LogP contribution in [0.25, 0.3) is 5.00 Å². The molecule has 2 N–H and O–H groups in total. The largest absolute Gasteiger partial charge is 0.460 e. The maximum Gasteiger partial charge on any atom is 0.308 e. The molecule has 3 aliphatic heterocycles. The summed E-state index contributed by atoms with van der Waals surface area (Å²) < 4.78 is 7.68. The molecule has 5 heterocycles. The number of thiophene rings is 1. The molecule has 0 aliphatic carbocycles. The normalized spacial score (nSPS) is 18.5. The van der Waals surface area contributed by atoms with E-state index in [1.165, 1.54) is 0 Å². The lowest BCUT2D eigenvalue weighted by molar-refractivity contribution is -0.155. The first-order valence-corrected chi connectivity index (χ1v) is 21.7. The molecule has 61 heavy (non-hydrogen) atoms. The topological polar surface area (TPSA) is 151 Å². The summed E-state index contributed by atoms with van der Waals surface area (Å²) in [5.74, 6) is 0.699. The van der Waals surface area contributed by atoms with E-state index in [0.29, 0.717) is 48.0 Å². The molecule has 0 saturated carbocycles. The van der Waals surface area contributed by atoms with Crippen molar-refractivity contribution in [3.63, 3.8) is 0 Å². The van der Waals surface area contributed by atoms with Gasteiger partial charge >= 0.3 is 5.97 Å². The Bertz CT molecular complexity index is 2550. The number of esters is 1. The van der Waals surface area contributed by atoms with Gasteiger partial charge in [0.05, 0.1) is 24.2 Å². The second-order valence-electron chi connectivity index (χ2n) is 17.2. The SMILES string of the molecule is CCC(=O)N1c2ccccc2[C@H](Nc2ccc(C(=O)N3CC(NC(=O)c4ccc(C5=N[C@@H](CC(=O)OC(C)(C)C)c6nnc(C)n6-c6sc(C)c(C)c65)cc4)C3)cc2)C[C@@H]1C. The van der Waals surface area contributed by atoms with Gasteiger partial charge in [0.2, 0.25) is 5.91 Å². The second kappa shape index (κ2) is 16.4. The molecule has 2 aromatic heterocycles. The molecule has 1 fully saturated rings. The Labute approximate surface area is 360 Å². The monoisotopic (exact) mass is 840 g/mol. The molecule has 3 amide bonds. The molecule has 8 rings (SSSR count). The van der Waals surface area contributed by atoms with Crippen LogP contribution >= 0.6 is 11.3 Å². The Morgan fingerprint density at radius 2 is 1.59 bits per heavy atom. The number of amides is 3. The van der Waals surface area contributed by atoms with Gasteiger partial charge in [0.15, 0.2) is 5.82 Å². The minimum absolute atomic E-state index is 0.00576. The van der Waals surface area contributed by atoms with Gasteiger partial charge in [-0.25, -0.2) is 0 Å². The number of carbonyl (C=O) groups is 4. The summed E-state index contributed by atoms with van der Waals surface area (Å²) in [5.41, 5.74) is 6.87. The third kappa shape index (κ3) is 8.20. The minimum atomic E-state index is -0.649.